The Bertz CT molecular complexity index is 542. The van der Waals surface area contributed by atoms with Crippen molar-refractivity contribution in [2.75, 3.05) is 5.75 Å². The van der Waals surface area contributed by atoms with E-state index in [0.717, 1.165) is 16.4 Å². The van der Waals surface area contributed by atoms with E-state index in [4.69, 9.17) is 4.74 Å². The number of rotatable bonds is 2. The number of hydrogen-bond donors (Lipinski definition) is 1. The van der Waals surface area contributed by atoms with Gasteiger partial charge in [0.1, 0.15) is 17.6 Å². The molecule has 100 valence electrons. The van der Waals surface area contributed by atoms with Gasteiger partial charge in [-0.2, -0.15) is 0 Å². The van der Waals surface area contributed by atoms with Gasteiger partial charge in [0.05, 0.1) is 0 Å². The fraction of sp³-hybridized carbons (Fsp3) is 0.429. The maximum absolute atomic E-state index is 11.8. The summed E-state index contributed by atoms with van der Waals surface area (Å²) in [6.07, 6.45) is -0.160. The van der Waals surface area contributed by atoms with Crippen molar-refractivity contribution in [3.63, 3.8) is 0 Å². The molecule has 2 atom stereocenters. The summed E-state index contributed by atoms with van der Waals surface area (Å²) in [5, 5.41) is 2.86. The van der Waals surface area contributed by atoms with Crippen LogP contribution in [0.2, 0.25) is 0 Å². The van der Waals surface area contributed by atoms with E-state index in [1.54, 1.807) is 11.8 Å². The normalized spacial score (nSPS) is 25.6. The molecule has 0 aromatic heterocycles. The molecule has 2 heterocycles. The number of thioether (sulfide) groups is 1. The van der Waals surface area contributed by atoms with Gasteiger partial charge < -0.3 is 10.1 Å². The number of nitrogens with zero attached hydrogens (tertiary/aromatic N) is 1. The van der Waals surface area contributed by atoms with E-state index >= 15 is 0 Å². The number of hydrogen-bond acceptors (Lipinski definition) is 4. The Morgan fingerprint density at radius 1 is 1.42 bits per heavy atom. The highest BCUT2D eigenvalue weighted by Crippen LogP contribution is 2.35. The molecule has 0 radical (unpaired) electrons. The first-order valence-electron chi connectivity index (χ1n) is 6.42. The van der Waals surface area contributed by atoms with Crippen LogP contribution in [-0.2, 0) is 4.79 Å². The lowest BCUT2D eigenvalue weighted by molar-refractivity contribution is -0.120. The summed E-state index contributed by atoms with van der Waals surface area (Å²) in [6.45, 7) is 4.00. The highest BCUT2D eigenvalue weighted by atomic mass is 32.2. The molecular formula is C14H16N2O2S. The number of benzene rings is 1. The molecule has 1 N–H and O–H groups in total. The van der Waals surface area contributed by atoms with Crippen LogP contribution in [0.25, 0.3) is 0 Å². The molecule has 1 aromatic rings. The second-order valence-electron chi connectivity index (χ2n) is 5.06. The molecule has 5 heteroatoms. The molecule has 19 heavy (non-hydrogen) atoms. The minimum Gasteiger partial charge on any atom is -0.480 e. The molecule has 3 rings (SSSR count). The average Bonchev–Trinajstić information content (AvgIpc) is 2.80. The predicted octanol–water partition coefficient (Wildman–Crippen LogP) is 2.09. The summed E-state index contributed by atoms with van der Waals surface area (Å²) in [5.74, 6) is 2.51. The van der Waals surface area contributed by atoms with Crippen LogP contribution >= 0.6 is 11.8 Å². The minimum absolute atomic E-state index is 0.0162. The van der Waals surface area contributed by atoms with Crippen LogP contribution in [0.15, 0.2) is 34.2 Å². The Labute approximate surface area is 116 Å². The van der Waals surface area contributed by atoms with E-state index in [2.05, 4.69) is 10.3 Å². The summed E-state index contributed by atoms with van der Waals surface area (Å²) in [6, 6.07) is 7.67. The van der Waals surface area contributed by atoms with Gasteiger partial charge in [0.2, 0.25) is 0 Å². The van der Waals surface area contributed by atoms with Gasteiger partial charge in [-0.05, 0) is 18.1 Å². The van der Waals surface area contributed by atoms with Crippen molar-refractivity contribution in [2.24, 2.45) is 10.9 Å². The van der Waals surface area contributed by atoms with Gasteiger partial charge in [0, 0.05) is 10.6 Å². The molecule has 0 saturated carbocycles. The Hall–Kier alpha value is -1.49. The van der Waals surface area contributed by atoms with Crippen molar-refractivity contribution in [2.45, 2.75) is 30.9 Å². The molecular weight excluding hydrogens is 260 g/mol. The summed E-state index contributed by atoms with van der Waals surface area (Å²) in [7, 11) is 0. The Balaban J connectivity index is 1.79. The topological polar surface area (TPSA) is 50.7 Å². The number of fused-ring (bicyclic) bond motifs is 1. The van der Waals surface area contributed by atoms with Crippen molar-refractivity contribution in [1.82, 2.24) is 5.32 Å². The fourth-order valence-corrected chi connectivity index (χ4v) is 3.20. The second kappa shape index (κ2) is 4.89. The zero-order valence-corrected chi connectivity index (χ0v) is 11.7. The van der Waals surface area contributed by atoms with Crippen molar-refractivity contribution >= 4 is 23.5 Å². The second-order valence-corrected chi connectivity index (χ2v) is 6.12. The third-order valence-electron chi connectivity index (χ3n) is 3.24. The number of ether oxygens (including phenoxy) is 1. The van der Waals surface area contributed by atoms with Crippen molar-refractivity contribution < 1.29 is 9.53 Å². The van der Waals surface area contributed by atoms with E-state index in [1.807, 2.05) is 38.1 Å². The number of para-hydroxylation sites is 1. The highest BCUT2D eigenvalue weighted by Gasteiger charge is 2.35. The zero-order valence-electron chi connectivity index (χ0n) is 10.9. The number of nitrogens with one attached hydrogen (secondary N) is 1. The fourth-order valence-electron chi connectivity index (χ4n) is 2.21. The lowest BCUT2D eigenvalue weighted by Crippen LogP contribution is -2.41. The molecule has 1 amide bonds. The van der Waals surface area contributed by atoms with Crippen LogP contribution in [0, 0.1) is 5.92 Å². The largest absolute Gasteiger partial charge is 0.480 e. The molecule has 0 bridgehead atoms. The smallest absolute Gasteiger partial charge is 0.250 e. The first kappa shape index (κ1) is 12.5. The molecule has 0 fully saturated rings. The van der Waals surface area contributed by atoms with E-state index in [-0.39, 0.29) is 24.0 Å². The van der Waals surface area contributed by atoms with Crippen LogP contribution in [0.4, 0.5) is 0 Å². The summed E-state index contributed by atoms with van der Waals surface area (Å²) >= 11 is 1.74. The number of carbonyl (C=O) groups excluding carboxylic acids is 1. The van der Waals surface area contributed by atoms with Gasteiger partial charge in [-0.25, -0.2) is 0 Å². The van der Waals surface area contributed by atoms with E-state index < -0.39 is 0 Å². The van der Waals surface area contributed by atoms with Crippen molar-refractivity contribution in [3.05, 3.63) is 24.3 Å². The van der Waals surface area contributed by atoms with Gasteiger partial charge >= 0.3 is 0 Å². The molecule has 4 nitrogen and oxygen atoms in total. The number of amides is 1. The van der Waals surface area contributed by atoms with Gasteiger partial charge in [0.15, 0.2) is 6.10 Å². The summed E-state index contributed by atoms with van der Waals surface area (Å²) in [5.41, 5.74) is 0. The average molecular weight is 276 g/mol. The van der Waals surface area contributed by atoms with Crippen molar-refractivity contribution in [3.8, 4) is 5.75 Å². The number of aliphatic imine (C=N–C) groups is 1. The van der Waals surface area contributed by atoms with Gasteiger partial charge in [-0.1, -0.05) is 26.0 Å². The standard InChI is InChI=1S/C14H16N2O2S/c1-8(2)12-14(17)16-13(15-12)10-7-19-11-6-4-3-5-9(11)18-10/h3-6,8,10,12H,7H2,1-2H3,(H,15,16,17). The predicted molar refractivity (Wildman–Crippen MR) is 75.8 cm³/mol. The zero-order chi connectivity index (χ0) is 13.4. The van der Waals surface area contributed by atoms with E-state index in [0.29, 0.717) is 5.84 Å². The first-order chi connectivity index (χ1) is 9.15. The van der Waals surface area contributed by atoms with Gasteiger partial charge in [-0.15, -0.1) is 11.8 Å². The lowest BCUT2D eigenvalue weighted by atomic mass is 10.1. The molecule has 1 aromatic carbocycles. The molecule has 2 aliphatic rings. The Morgan fingerprint density at radius 2 is 2.21 bits per heavy atom. The molecule has 0 spiro atoms. The number of amidine groups is 1. The van der Waals surface area contributed by atoms with Gasteiger partial charge in [-0.3, -0.25) is 9.79 Å². The van der Waals surface area contributed by atoms with Gasteiger partial charge in [0.25, 0.3) is 5.91 Å². The molecule has 2 unspecified atom stereocenters. The monoisotopic (exact) mass is 276 g/mol. The SMILES string of the molecule is CC(C)C1N=C(C2CSc3ccccc3O2)NC1=O. The van der Waals surface area contributed by atoms with Crippen LogP contribution in [-0.4, -0.2) is 29.6 Å². The summed E-state index contributed by atoms with van der Waals surface area (Å²) in [4.78, 5) is 17.5. The summed E-state index contributed by atoms with van der Waals surface area (Å²) < 4.78 is 5.93. The maximum Gasteiger partial charge on any atom is 0.250 e. The first-order valence-corrected chi connectivity index (χ1v) is 7.41. The quantitative estimate of drug-likeness (QED) is 0.900. The van der Waals surface area contributed by atoms with E-state index in [1.165, 1.54) is 0 Å². The minimum atomic E-state index is -0.277. The van der Waals surface area contributed by atoms with Crippen LogP contribution in [0.1, 0.15) is 13.8 Å². The third-order valence-corrected chi connectivity index (χ3v) is 4.36. The molecule has 0 aliphatic carbocycles. The van der Waals surface area contributed by atoms with Crippen molar-refractivity contribution in [1.29, 1.82) is 0 Å². The van der Waals surface area contributed by atoms with Crippen LogP contribution < -0.4 is 10.1 Å². The Kier molecular flexibility index (Phi) is 3.22. The third kappa shape index (κ3) is 2.34. The molecule has 2 aliphatic heterocycles. The number of carbonyl (C=O) groups is 1. The lowest BCUT2D eigenvalue weighted by Gasteiger charge is -2.25. The van der Waals surface area contributed by atoms with E-state index in [9.17, 15) is 4.79 Å². The Morgan fingerprint density at radius 3 is 2.95 bits per heavy atom. The van der Waals surface area contributed by atoms with Crippen LogP contribution in [0.3, 0.4) is 0 Å². The highest BCUT2D eigenvalue weighted by molar-refractivity contribution is 7.99. The molecule has 0 saturated heterocycles. The maximum atomic E-state index is 11.8. The van der Waals surface area contributed by atoms with Crippen LogP contribution in [0.5, 0.6) is 5.75 Å².